The van der Waals surface area contributed by atoms with E-state index in [1.807, 2.05) is 4.90 Å². The van der Waals surface area contributed by atoms with Gasteiger partial charge in [0.05, 0.1) is 16.8 Å². The SMILES string of the molecule is CN(C)C(=O)Nc1ccc(S(=O)(=O)NC2CCC([C@H](N)C(=O)N3CCSC3)CC2)cc1. The predicted molar refractivity (Wildman–Crippen MR) is 122 cm³/mol. The summed E-state index contributed by atoms with van der Waals surface area (Å²) in [6.45, 7) is 0.754. The molecule has 1 saturated carbocycles. The largest absolute Gasteiger partial charge is 0.331 e. The molecule has 1 aromatic carbocycles. The Balaban J connectivity index is 1.52. The summed E-state index contributed by atoms with van der Waals surface area (Å²) < 4.78 is 28.3. The van der Waals surface area contributed by atoms with Crippen LogP contribution < -0.4 is 15.8 Å². The Hall–Kier alpha value is -1.82. The lowest BCUT2D eigenvalue weighted by molar-refractivity contribution is -0.132. The van der Waals surface area contributed by atoms with Crippen LogP contribution in [0.3, 0.4) is 0 Å². The van der Waals surface area contributed by atoms with Crippen molar-refractivity contribution < 1.29 is 18.0 Å². The van der Waals surface area contributed by atoms with Crippen LogP contribution in [0.15, 0.2) is 29.2 Å². The fraction of sp³-hybridized carbons (Fsp3) is 0.600. The Labute approximate surface area is 188 Å². The first-order valence-electron chi connectivity index (χ1n) is 10.4. The molecule has 9 nitrogen and oxygen atoms in total. The Bertz CT molecular complexity index is 877. The van der Waals surface area contributed by atoms with Gasteiger partial charge in [0.1, 0.15) is 0 Å². The predicted octanol–water partition coefficient (Wildman–Crippen LogP) is 1.48. The third-order valence-electron chi connectivity index (χ3n) is 5.77. The number of carbonyl (C=O) groups excluding carboxylic acids is 2. The van der Waals surface area contributed by atoms with Crippen LogP contribution in [0.5, 0.6) is 0 Å². The monoisotopic (exact) mass is 469 g/mol. The van der Waals surface area contributed by atoms with Crippen LogP contribution in [0.2, 0.25) is 0 Å². The van der Waals surface area contributed by atoms with Crippen LogP contribution in [0.4, 0.5) is 10.5 Å². The maximum Gasteiger partial charge on any atom is 0.321 e. The van der Waals surface area contributed by atoms with E-state index in [-0.39, 0.29) is 28.8 Å². The molecule has 1 saturated heterocycles. The molecule has 0 spiro atoms. The minimum atomic E-state index is -3.67. The molecular formula is C20H31N5O4S2. The molecule has 3 rings (SSSR count). The molecule has 172 valence electrons. The van der Waals surface area contributed by atoms with Crippen molar-refractivity contribution in [3.05, 3.63) is 24.3 Å². The Morgan fingerprint density at radius 1 is 1.16 bits per heavy atom. The van der Waals surface area contributed by atoms with Crippen molar-refractivity contribution in [2.24, 2.45) is 11.7 Å². The van der Waals surface area contributed by atoms with E-state index in [1.54, 1.807) is 38.0 Å². The summed E-state index contributed by atoms with van der Waals surface area (Å²) >= 11 is 1.73. The molecule has 4 N–H and O–H groups in total. The Kier molecular flexibility index (Phi) is 7.84. The van der Waals surface area contributed by atoms with E-state index in [0.717, 1.165) is 25.1 Å². The van der Waals surface area contributed by atoms with Crippen molar-refractivity contribution >= 4 is 39.4 Å². The molecule has 1 aliphatic carbocycles. The van der Waals surface area contributed by atoms with Crippen LogP contribution in [0, 0.1) is 5.92 Å². The minimum Gasteiger partial charge on any atom is -0.331 e. The highest BCUT2D eigenvalue weighted by molar-refractivity contribution is 7.99. The number of hydrogen-bond donors (Lipinski definition) is 3. The number of thioether (sulfide) groups is 1. The number of anilines is 1. The first-order valence-corrected chi connectivity index (χ1v) is 13.0. The third-order valence-corrected chi connectivity index (χ3v) is 8.27. The van der Waals surface area contributed by atoms with Gasteiger partial charge < -0.3 is 20.9 Å². The highest BCUT2D eigenvalue weighted by atomic mass is 32.2. The van der Waals surface area contributed by atoms with Crippen molar-refractivity contribution in [1.82, 2.24) is 14.5 Å². The maximum atomic E-state index is 12.7. The lowest BCUT2D eigenvalue weighted by Crippen LogP contribution is -2.49. The Morgan fingerprint density at radius 2 is 1.81 bits per heavy atom. The number of sulfonamides is 1. The van der Waals surface area contributed by atoms with Gasteiger partial charge in [0.2, 0.25) is 15.9 Å². The highest BCUT2D eigenvalue weighted by Gasteiger charge is 2.34. The first kappa shape index (κ1) is 23.8. The summed E-state index contributed by atoms with van der Waals surface area (Å²) in [5.41, 5.74) is 6.75. The molecule has 1 heterocycles. The van der Waals surface area contributed by atoms with Crippen LogP contribution >= 0.6 is 11.8 Å². The average Bonchev–Trinajstić information content (AvgIpc) is 3.28. The quantitative estimate of drug-likeness (QED) is 0.580. The van der Waals surface area contributed by atoms with Gasteiger partial charge in [0.15, 0.2) is 0 Å². The van der Waals surface area contributed by atoms with Gasteiger partial charge >= 0.3 is 6.03 Å². The number of hydrogen-bond acceptors (Lipinski definition) is 6. The summed E-state index contributed by atoms with van der Waals surface area (Å²) in [4.78, 5) is 27.6. The molecule has 0 aromatic heterocycles. The molecular weight excluding hydrogens is 438 g/mol. The molecule has 2 aliphatic rings. The smallest absolute Gasteiger partial charge is 0.321 e. The molecule has 11 heteroatoms. The molecule has 2 fully saturated rings. The van der Waals surface area contributed by atoms with Gasteiger partial charge in [-0.15, -0.1) is 11.8 Å². The molecule has 1 aromatic rings. The molecule has 31 heavy (non-hydrogen) atoms. The van der Waals surface area contributed by atoms with E-state index in [2.05, 4.69) is 10.0 Å². The van der Waals surface area contributed by atoms with E-state index in [9.17, 15) is 18.0 Å². The molecule has 0 bridgehead atoms. The fourth-order valence-electron chi connectivity index (χ4n) is 3.84. The summed E-state index contributed by atoms with van der Waals surface area (Å²) in [7, 11) is -0.419. The van der Waals surface area contributed by atoms with Gasteiger partial charge in [-0.3, -0.25) is 4.79 Å². The minimum absolute atomic E-state index is 0.00970. The number of urea groups is 1. The molecule has 3 amide bonds. The molecule has 0 unspecified atom stereocenters. The van der Waals surface area contributed by atoms with E-state index in [0.29, 0.717) is 24.4 Å². The zero-order chi connectivity index (χ0) is 22.6. The van der Waals surface area contributed by atoms with E-state index < -0.39 is 16.1 Å². The highest BCUT2D eigenvalue weighted by Crippen LogP contribution is 2.29. The van der Waals surface area contributed by atoms with Crippen LogP contribution in [0.1, 0.15) is 25.7 Å². The molecule has 0 radical (unpaired) electrons. The zero-order valence-corrected chi connectivity index (χ0v) is 19.5. The van der Waals surface area contributed by atoms with Crippen molar-refractivity contribution in [2.45, 2.75) is 42.7 Å². The van der Waals surface area contributed by atoms with Gasteiger partial charge in [-0.1, -0.05) is 0 Å². The van der Waals surface area contributed by atoms with E-state index in [1.165, 1.54) is 17.0 Å². The van der Waals surface area contributed by atoms with Gasteiger partial charge in [-0.2, -0.15) is 0 Å². The van der Waals surface area contributed by atoms with Crippen molar-refractivity contribution in [3.8, 4) is 0 Å². The second-order valence-electron chi connectivity index (χ2n) is 8.25. The van der Waals surface area contributed by atoms with E-state index >= 15 is 0 Å². The van der Waals surface area contributed by atoms with Gasteiger partial charge in [-0.25, -0.2) is 17.9 Å². The summed E-state index contributed by atoms with van der Waals surface area (Å²) in [5.74, 6) is 1.75. The maximum absolute atomic E-state index is 12.7. The first-order chi connectivity index (χ1) is 14.7. The summed E-state index contributed by atoms with van der Waals surface area (Å²) in [5, 5.41) is 2.67. The van der Waals surface area contributed by atoms with Gasteiger partial charge in [0, 0.05) is 38.1 Å². The Morgan fingerprint density at radius 3 is 2.35 bits per heavy atom. The normalized spacial score (nSPS) is 22.7. The van der Waals surface area contributed by atoms with Crippen LogP contribution in [-0.4, -0.2) is 74.5 Å². The number of nitrogens with one attached hydrogen (secondary N) is 2. The topological polar surface area (TPSA) is 125 Å². The third kappa shape index (κ3) is 6.12. The summed E-state index contributed by atoms with van der Waals surface area (Å²) in [6, 6.07) is 5.09. The number of benzene rings is 1. The number of nitrogens with zero attached hydrogens (tertiary/aromatic N) is 2. The second-order valence-corrected chi connectivity index (χ2v) is 11.0. The molecule has 1 atom stereocenters. The number of amides is 3. The lowest BCUT2D eigenvalue weighted by atomic mass is 9.81. The molecule has 1 aliphatic heterocycles. The zero-order valence-electron chi connectivity index (χ0n) is 17.9. The van der Waals surface area contributed by atoms with Crippen LogP contribution in [-0.2, 0) is 14.8 Å². The van der Waals surface area contributed by atoms with Crippen molar-refractivity contribution in [1.29, 1.82) is 0 Å². The standard InChI is InChI=1S/C20H31N5O4S2/c1-24(2)20(27)22-15-7-9-17(10-8-15)31(28,29)23-16-5-3-14(4-6-16)18(21)19(26)25-11-12-30-13-25/h7-10,14,16,18,23H,3-6,11-13,21H2,1-2H3,(H,22,27)/t14?,16?,18-/m0/s1. The lowest BCUT2D eigenvalue weighted by Gasteiger charge is -2.33. The number of nitrogens with two attached hydrogens (primary N) is 1. The van der Waals surface area contributed by atoms with Crippen LogP contribution in [0.25, 0.3) is 0 Å². The van der Waals surface area contributed by atoms with Gasteiger partial charge in [-0.05, 0) is 55.9 Å². The van der Waals surface area contributed by atoms with Crippen molar-refractivity contribution in [3.63, 3.8) is 0 Å². The second kappa shape index (κ2) is 10.2. The van der Waals surface area contributed by atoms with Crippen molar-refractivity contribution in [2.75, 3.05) is 37.6 Å². The average molecular weight is 470 g/mol. The van der Waals surface area contributed by atoms with Gasteiger partial charge in [0.25, 0.3) is 0 Å². The number of carbonyl (C=O) groups is 2. The van der Waals surface area contributed by atoms with E-state index in [4.69, 9.17) is 5.73 Å². The fourth-order valence-corrected chi connectivity index (χ4v) is 6.10. The summed E-state index contributed by atoms with van der Waals surface area (Å²) in [6.07, 6.45) is 2.74. The number of rotatable bonds is 6.